The Labute approximate surface area is 124 Å². The van der Waals surface area contributed by atoms with Gasteiger partial charge in [0.15, 0.2) is 0 Å². The lowest BCUT2D eigenvalue weighted by Gasteiger charge is -2.09. The summed E-state index contributed by atoms with van der Waals surface area (Å²) in [7, 11) is 1.51. The van der Waals surface area contributed by atoms with Crippen LogP contribution in [0.25, 0.3) is 5.57 Å². The fourth-order valence-electron chi connectivity index (χ4n) is 2.11. The van der Waals surface area contributed by atoms with E-state index < -0.39 is 11.6 Å². The second-order valence-corrected chi connectivity index (χ2v) is 5.20. The zero-order valence-electron chi connectivity index (χ0n) is 12.9. The standard InChI is InChI=1S/C16H22O5/c1-10(6-5-7-15(17)18)8-11(2)13-9-14(20-4)12(3)16(19)21-13/h8-10H,5-7H2,1-4H3,(H,17,18). The molecule has 0 spiro atoms. The lowest BCUT2D eigenvalue weighted by atomic mass is 10.0. The van der Waals surface area contributed by atoms with E-state index in [0.29, 0.717) is 23.5 Å². The highest BCUT2D eigenvalue weighted by atomic mass is 16.5. The van der Waals surface area contributed by atoms with Crippen molar-refractivity contribution in [1.82, 2.24) is 0 Å². The van der Waals surface area contributed by atoms with E-state index in [1.807, 2.05) is 19.9 Å². The molecular formula is C16H22O5. The smallest absolute Gasteiger partial charge is 0.342 e. The number of carboxylic acids is 1. The van der Waals surface area contributed by atoms with Crippen LogP contribution in [0.15, 0.2) is 21.4 Å². The maximum absolute atomic E-state index is 11.7. The second-order valence-electron chi connectivity index (χ2n) is 5.20. The van der Waals surface area contributed by atoms with Gasteiger partial charge in [0.2, 0.25) is 0 Å². The van der Waals surface area contributed by atoms with E-state index in [1.54, 1.807) is 13.0 Å². The third-order valence-corrected chi connectivity index (χ3v) is 3.33. The van der Waals surface area contributed by atoms with Crippen molar-refractivity contribution in [3.05, 3.63) is 33.9 Å². The maximum atomic E-state index is 11.7. The summed E-state index contributed by atoms with van der Waals surface area (Å²) in [5.41, 5.74) is 0.882. The normalized spacial score (nSPS) is 13.0. The van der Waals surface area contributed by atoms with Crippen LogP contribution in [0.2, 0.25) is 0 Å². The summed E-state index contributed by atoms with van der Waals surface area (Å²) in [5.74, 6) is 0.416. The number of carbonyl (C=O) groups is 1. The molecule has 1 aromatic heterocycles. The molecule has 1 heterocycles. The minimum Gasteiger partial charge on any atom is -0.496 e. The van der Waals surface area contributed by atoms with Gasteiger partial charge in [-0.15, -0.1) is 0 Å². The molecular weight excluding hydrogens is 272 g/mol. The molecule has 1 N–H and O–H groups in total. The Hall–Kier alpha value is -2.04. The third kappa shape index (κ3) is 5.10. The summed E-state index contributed by atoms with van der Waals surface area (Å²) in [6, 6.07) is 1.70. The van der Waals surface area contributed by atoms with Crippen molar-refractivity contribution in [2.45, 2.75) is 40.0 Å². The summed E-state index contributed by atoms with van der Waals surface area (Å²) < 4.78 is 10.4. The number of rotatable bonds is 7. The van der Waals surface area contributed by atoms with E-state index in [4.69, 9.17) is 14.3 Å². The van der Waals surface area contributed by atoms with Gasteiger partial charge in [-0.3, -0.25) is 4.79 Å². The van der Waals surface area contributed by atoms with E-state index in [-0.39, 0.29) is 12.3 Å². The molecule has 0 aliphatic rings. The van der Waals surface area contributed by atoms with Crippen LogP contribution < -0.4 is 10.4 Å². The van der Waals surface area contributed by atoms with Crippen molar-refractivity contribution in [1.29, 1.82) is 0 Å². The third-order valence-electron chi connectivity index (χ3n) is 3.33. The van der Waals surface area contributed by atoms with E-state index in [0.717, 1.165) is 12.0 Å². The summed E-state index contributed by atoms with van der Waals surface area (Å²) >= 11 is 0. The number of allylic oxidation sites excluding steroid dienone is 2. The number of carboxylic acid groups (broad SMARTS) is 1. The van der Waals surface area contributed by atoms with Crippen LogP contribution in [0, 0.1) is 12.8 Å². The Bertz CT molecular complexity index is 583. The van der Waals surface area contributed by atoms with Gasteiger partial charge in [-0.05, 0) is 38.2 Å². The fraction of sp³-hybridized carbons (Fsp3) is 0.500. The van der Waals surface area contributed by atoms with Crippen molar-refractivity contribution in [2.75, 3.05) is 7.11 Å². The number of aliphatic carboxylic acids is 1. The zero-order chi connectivity index (χ0) is 16.0. The van der Waals surface area contributed by atoms with Gasteiger partial charge in [0.25, 0.3) is 0 Å². The van der Waals surface area contributed by atoms with E-state index >= 15 is 0 Å². The predicted octanol–water partition coefficient (Wildman–Crippen LogP) is 3.25. The van der Waals surface area contributed by atoms with Crippen molar-refractivity contribution in [3.8, 4) is 5.75 Å². The zero-order valence-corrected chi connectivity index (χ0v) is 12.9. The summed E-state index contributed by atoms with van der Waals surface area (Å²) in [5, 5.41) is 8.62. The molecule has 0 saturated carbocycles. The fourth-order valence-corrected chi connectivity index (χ4v) is 2.11. The molecule has 5 heteroatoms. The Balaban J connectivity index is 2.84. The van der Waals surface area contributed by atoms with Gasteiger partial charge in [-0.1, -0.05) is 13.0 Å². The predicted molar refractivity (Wildman–Crippen MR) is 80.6 cm³/mol. The minimum atomic E-state index is -0.780. The molecule has 5 nitrogen and oxygen atoms in total. The van der Waals surface area contributed by atoms with Crippen LogP contribution in [0.3, 0.4) is 0 Å². The molecule has 1 unspecified atom stereocenters. The Kier molecular flexibility index (Phi) is 6.21. The first-order chi connectivity index (χ1) is 9.85. The van der Waals surface area contributed by atoms with Crippen molar-refractivity contribution in [2.24, 2.45) is 5.92 Å². The SMILES string of the molecule is COc1cc(C(C)=CC(C)CCCC(=O)O)oc(=O)c1C. The van der Waals surface area contributed by atoms with Crippen molar-refractivity contribution >= 4 is 11.5 Å². The highest BCUT2D eigenvalue weighted by Gasteiger charge is 2.10. The van der Waals surface area contributed by atoms with Crippen LogP contribution in [0.1, 0.15) is 44.4 Å². The Morgan fingerprint density at radius 1 is 1.52 bits per heavy atom. The Morgan fingerprint density at radius 3 is 2.76 bits per heavy atom. The maximum Gasteiger partial charge on any atom is 0.342 e. The van der Waals surface area contributed by atoms with Crippen molar-refractivity contribution < 1.29 is 19.1 Å². The molecule has 0 aliphatic carbocycles. The lowest BCUT2D eigenvalue weighted by molar-refractivity contribution is -0.137. The highest BCUT2D eigenvalue weighted by molar-refractivity contribution is 5.66. The molecule has 0 aromatic carbocycles. The number of hydrogen-bond donors (Lipinski definition) is 1. The second kappa shape index (κ2) is 7.67. The van der Waals surface area contributed by atoms with Crippen molar-refractivity contribution in [3.63, 3.8) is 0 Å². The van der Waals surface area contributed by atoms with Gasteiger partial charge >= 0.3 is 11.6 Å². The molecule has 1 aromatic rings. The van der Waals surface area contributed by atoms with Gasteiger partial charge in [0, 0.05) is 12.5 Å². The van der Waals surface area contributed by atoms with E-state index in [2.05, 4.69) is 0 Å². The van der Waals surface area contributed by atoms with Gasteiger partial charge in [-0.25, -0.2) is 4.79 Å². The minimum absolute atomic E-state index is 0.171. The molecule has 0 radical (unpaired) electrons. The molecule has 1 rings (SSSR count). The molecule has 1 atom stereocenters. The Morgan fingerprint density at radius 2 is 2.19 bits per heavy atom. The number of hydrogen-bond acceptors (Lipinski definition) is 4. The average molecular weight is 294 g/mol. The lowest BCUT2D eigenvalue weighted by Crippen LogP contribution is -2.07. The van der Waals surface area contributed by atoms with Gasteiger partial charge < -0.3 is 14.3 Å². The summed E-state index contributed by atoms with van der Waals surface area (Å²) in [4.78, 5) is 22.2. The van der Waals surface area contributed by atoms with Gasteiger partial charge in [0.05, 0.1) is 12.7 Å². The highest BCUT2D eigenvalue weighted by Crippen LogP contribution is 2.23. The first kappa shape index (κ1) is 17.0. The van der Waals surface area contributed by atoms with Crippen LogP contribution in [0.4, 0.5) is 0 Å². The topological polar surface area (TPSA) is 76.7 Å². The first-order valence-electron chi connectivity index (χ1n) is 6.94. The molecule has 0 fully saturated rings. The first-order valence-corrected chi connectivity index (χ1v) is 6.94. The number of ether oxygens (including phenoxy) is 1. The summed E-state index contributed by atoms with van der Waals surface area (Å²) in [6.45, 7) is 5.53. The van der Waals surface area contributed by atoms with Crippen LogP contribution >= 0.6 is 0 Å². The van der Waals surface area contributed by atoms with Crippen LogP contribution in [-0.4, -0.2) is 18.2 Å². The largest absolute Gasteiger partial charge is 0.496 e. The quantitative estimate of drug-likeness (QED) is 0.835. The summed E-state index contributed by atoms with van der Waals surface area (Å²) in [6.07, 6.45) is 3.55. The van der Waals surface area contributed by atoms with Gasteiger partial charge in [-0.2, -0.15) is 0 Å². The average Bonchev–Trinajstić information content (AvgIpc) is 2.41. The van der Waals surface area contributed by atoms with E-state index in [9.17, 15) is 9.59 Å². The molecule has 21 heavy (non-hydrogen) atoms. The monoisotopic (exact) mass is 294 g/mol. The molecule has 0 saturated heterocycles. The molecule has 116 valence electrons. The number of methoxy groups -OCH3 is 1. The van der Waals surface area contributed by atoms with Crippen LogP contribution in [-0.2, 0) is 4.79 Å². The molecule has 0 amide bonds. The van der Waals surface area contributed by atoms with Gasteiger partial charge in [0.1, 0.15) is 11.5 Å². The van der Waals surface area contributed by atoms with Crippen LogP contribution in [0.5, 0.6) is 5.75 Å². The molecule has 0 aliphatic heterocycles. The van der Waals surface area contributed by atoms with E-state index in [1.165, 1.54) is 7.11 Å². The molecule has 0 bridgehead atoms.